The number of benzene rings is 1. The minimum absolute atomic E-state index is 0.0269. The average Bonchev–Trinajstić information content (AvgIpc) is 3.26. The van der Waals surface area contributed by atoms with E-state index in [0.29, 0.717) is 38.5 Å². The van der Waals surface area contributed by atoms with Crippen molar-refractivity contribution in [1.82, 2.24) is 4.98 Å². The van der Waals surface area contributed by atoms with Crippen molar-refractivity contribution < 1.29 is 87.2 Å². The fraction of sp³-hybridized carbons (Fsp3) is 0.737. The summed E-state index contributed by atoms with van der Waals surface area (Å²) in [4.78, 5) is 31.4. The Kier molecular flexibility index (Phi) is 17.0. The van der Waals surface area contributed by atoms with Crippen LogP contribution in [-0.2, 0) is 56.9 Å². The van der Waals surface area contributed by atoms with Crippen LogP contribution in [0.25, 0.3) is 6.08 Å². The molecule has 2 aromatic rings. The van der Waals surface area contributed by atoms with Gasteiger partial charge in [-0.25, -0.2) is 9.59 Å². The molecule has 4 aliphatic carbocycles. The van der Waals surface area contributed by atoms with Crippen LogP contribution in [0.5, 0.6) is 0 Å². The molecule has 7 aliphatic rings. The predicted octanol–water partition coefficient (Wildman–Crippen LogP) is 4.80. The van der Waals surface area contributed by atoms with Crippen molar-refractivity contribution in [2.24, 2.45) is 22.7 Å². The Morgan fingerprint density at radius 1 is 0.737 bits per heavy atom. The van der Waals surface area contributed by atoms with Gasteiger partial charge in [-0.15, -0.1) is 0 Å². The minimum atomic E-state index is -1.96. The van der Waals surface area contributed by atoms with Gasteiger partial charge >= 0.3 is 11.9 Å². The molecule has 23 atom stereocenters. The van der Waals surface area contributed by atoms with Crippen LogP contribution in [0.1, 0.15) is 122 Å². The Morgan fingerprint density at radius 3 is 2.05 bits per heavy atom. The summed E-state index contributed by atoms with van der Waals surface area (Å²) >= 11 is 0. The predicted molar refractivity (Wildman–Crippen MR) is 271 cm³/mol. The van der Waals surface area contributed by atoms with E-state index >= 15 is 0 Å². The number of nitrogens with zero attached hydrogens (tertiary/aromatic N) is 1. The molecule has 0 radical (unpaired) electrons. The number of methoxy groups -OCH3 is 3. The lowest BCUT2D eigenvalue weighted by Gasteiger charge is -2.69. The number of esters is 2. The van der Waals surface area contributed by atoms with Gasteiger partial charge in [0.1, 0.15) is 53.9 Å². The smallest absolute Gasteiger partial charge is 0.340 e. The van der Waals surface area contributed by atoms with Crippen molar-refractivity contribution in [3.05, 3.63) is 72.1 Å². The van der Waals surface area contributed by atoms with Gasteiger partial charge in [-0.05, 0) is 120 Å². The van der Waals surface area contributed by atoms with E-state index in [9.17, 15) is 35.1 Å². The number of carbonyl (C=O) groups is 2. The molecule has 7 fully saturated rings. The summed E-state index contributed by atoms with van der Waals surface area (Å²) in [5.74, 6) is -1.88. The third-order valence-electron chi connectivity index (χ3n) is 19.3. The van der Waals surface area contributed by atoms with Gasteiger partial charge in [-0.1, -0.05) is 44.2 Å². The molecule has 1 aromatic carbocycles. The van der Waals surface area contributed by atoms with Gasteiger partial charge in [0.2, 0.25) is 0 Å². The van der Waals surface area contributed by atoms with Gasteiger partial charge < -0.3 is 77.6 Å². The molecule has 4 saturated carbocycles. The molecule has 5 N–H and O–H groups in total. The second kappa shape index (κ2) is 22.6. The fourth-order valence-corrected chi connectivity index (χ4v) is 14.9. The molecule has 0 bridgehead atoms. The summed E-state index contributed by atoms with van der Waals surface area (Å²) in [7, 11) is 4.62. The van der Waals surface area contributed by atoms with Crippen molar-refractivity contribution in [3.8, 4) is 0 Å². The molecule has 2 unspecified atom stereocenters. The standard InChI is InChI=1S/C57H81NO18/c1-31-46(60)50(68-9)47(61)52(71-31)76-49-33(3)70-45(28-40(49)67-8)75-48-32(2)69-44(27-39(48)66-7)73-38-20-21-53(5)37(26-38)19-22-56(64)41(53)29-42(74-43(59)18-17-35-14-11-10-12-15-35)54(6)55(63,23-24-57(54,56)65)34(4)72-51(62)36-16-13-25-58-30-36/h10-18,25,30-34,37-42,44-50,52,60-61,63-65H,19-24,26-29H2,1-9H3/b18-17+/t31-,32-,33-,34?,37?,38+,39+,40-,41-,42-,44+,45+,46-,47-,48-,49-,50+,52+,53+,54-,55-,56+,57-/m1/s1. The molecule has 4 heterocycles. The zero-order valence-electron chi connectivity index (χ0n) is 45.3. The number of aromatic nitrogens is 1. The number of aliphatic hydroxyl groups is 5. The van der Waals surface area contributed by atoms with E-state index in [1.165, 1.54) is 25.6 Å². The van der Waals surface area contributed by atoms with Crippen LogP contribution in [0, 0.1) is 22.7 Å². The fourth-order valence-electron chi connectivity index (χ4n) is 14.9. The van der Waals surface area contributed by atoms with Gasteiger partial charge in [0.25, 0.3) is 0 Å². The van der Waals surface area contributed by atoms with Crippen LogP contribution in [0.4, 0.5) is 0 Å². The van der Waals surface area contributed by atoms with Crippen molar-refractivity contribution in [2.45, 2.75) is 221 Å². The maximum atomic E-state index is 13.9. The Hall–Kier alpha value is -3.51. The highest BCUT2D eigenvalue weighted by Gasteiger charge is 2.82. The average molecular weight is 1070 g/mol. The van der Waals surface area contributed by atoms with E-state index in [2.05, 4.69) is 11.9 Å². The van der Waals surface area contributed by atoms with Crippen LogP contribution in [-0.4, -0.2) is 179 Å². The number of hydrogen-bond donors (Lipinski definition) is 5. The highest BCUT2D eigenvalue weighted by Crippen LogP contribution is 2.72. The van der Waals surface area contributed by atoms with Gasteiger partial charge in [-0.3, -0.25) is 4.98 Å². The second-order valence-corrected chi connectivity index (χ2v) is 23.1. The number of ether oxygens (including phenoxy) is 11. The molecule has 3 saturated heterocycles. The molecule has 0 amide bonds. The first-order chi connectivity index (χ1) is 36.1. The third-order valence-corrected chi connectivity index (χ3v) is 19.3. The molecule has 0 spiro atoms. The van der Waals surface area contributed by atoms with E-state index in [0.717, 1.165) is 5.56 Å². The summed E-state index contributed by atoms with van der Waals surface area (Å²) in [5, 5.41) is 61.1. The van der Waals surface area contributed by atoms with E-state index in [1.54, 1.807) is 53.2 Å². The summed E-state index contributed by atoms with van der Waals surface area (Å²) in [6, 6.07) is 12.5. The molecule has 3 aliphatic heterocycles. The SMILES string of the molecule is CO[C@@H]1[C@@H](O)[C@H](O[C@@H]2[C@@H](C)O[C@@H](O[C@H]3[C@@H](OC)C[C@H](O[C@H]4CC[C@@]5(C)C(CC[C@]6(O)[C@@H]5C[C@@H](OC(=O)/C=C/c5ccccc5)[C@@]5(C)[C@]6(O)CC[C@@]5(O)C(C)OC(=O)c5cccnc5)C4)O[C@@H]3C)C[C@H]2OC)O[C@H](C)[C@H]1O. The van der Waals surface area contributed by atoms with Crippen LogP contribution in [0.2, 0.25) is 0 Å². The van der Waals surface area contributed by atoms with Crippen molar-refractivity contribution in [1.29, 1.82) is 0 Å². The van der Waals surface area contributed by atoms with Crippen LogP contribution >= 0.6 is 0 Å². The molecular formula is C57H81NO18. The Labute approximate surface area is 445 Å². The monoisotopic (exact) mass is 1070 g/mol. The number of pyridine rings is 1. The first-order valence-corrected chi connectivity index (χ1v) is 27.2. The number of carbonyl (C=O) groups excluding carboxylic acids is 2. The summed E-state index contributed by atoms with van der Waals surface area (Å²) in [6.45, 7) is 10.9. The molecule has 19 heteroatoms. The zero-order valence-corrected chi connectivity index (χ0v) is 45.3. The Balaban J connectivity index is 0.869. The Bertz CT molecular complexity index is 2330. The van der Waals surface area contributed by atoms with Gasteiger partial charge in [0, 0.05) is 52.6 Å². The molecule has 9 rings (SSSR count). The number of aliphatic hydroxyl groups excluding tert-OH is 2. The largest absolute Gasteiger partial charge is 0.458 e. The molecule has 1 aromatic heterocycles. The summed E-state index contributed by atoms with van der Waals surface area (Å²) in [5.41, 5.74) is -6.85. The van der Waals surface area contributed by atoms with E-state index in [-0.39, 0.29) is 43.3 Å². The molecular weight excluding hydrogens is 987 g/mol. The van der Waals surface area contributed by atoms with Gasteiger partial charge in [0.05, 0.1) is 53.2 Å². The van der Waals surface area contributed by atoms with Crippen LogP contribution < -0.4 is 0 Å². The highest BCUT2D eigenvalue weighted by atomic mass is 16.8. The van der Waals surface area contributed by atoms with Gasteiger partial charge in [0.15, 0.2) is 18.9 Å². The minimum Gasteiger partial charge on any atom is -0.458 e. The highest BCUT2D eigenvalue weighted by molar-refractivity contribution is 5.89. The van der Waals surface area contributed by atoms with Crippen molar-refractivity contribution in [2.75, 3.05) is 21.3 Å². The maximum Gasteiger partial charge on any atom is 0.340 e. The summed E-state index contributed by atoms with van der Waals surface area (Å²) < 4.78 is 68.1. The van der Waals surface area contributed by atoms with Gasteiger partial charge in [-0.2, -0.15) is 0 Å². The van der Waals surface area contributed by atoms with E-state index in [4.69, 9.17) is 52.1 Å². The number of hydrogen-bond acceptors (Lipinski definition) is 19. The van der Waals surface area contributed by atoms with Crippen molar-refractivity contribution >= 4 is 18.0 Å². The molecule has 19 nitrogen and oxygen atoms in total. The zero-order chi connectivity index (χ0) is 54.5. The van der Waals surface area contributed by atoms with E-state index < -0.39 is 138 Å². The third kappa shape index (κ3) is 10.1. The maximum absolute atomic E-state index is 13.9. The normalized spacial score (nSPS) is 45.8. The number of fused-ring (bicyclic) bond motifs is 5. The first kappa shape index (κ1) is 57.2. The quantitative estimate of drug-likeness (QED) is 0.0913. The number of rotatable bonds is 15. The lowest BCUT2D eigenvalue weighted by Crippen LogP contribution is -2.79. The van der Waals surface area contributed by atoms with Crippen LogP contribution in [0.3, 0.4) is 0 Å². The first-order valence-electron chi connectivity index (χ1n) is 27.2. The van der Waals surface area contributed by atoms with Crippen molar-refractivity contribution in [3.63, 3.8) is 0 Å². The Morgan fingerprint density at radius 2 is 1.41 bits per heavy atom. The lowest BCUT2D eigenvalue weighted by molar-refractivity contribution is -0.353. The topological polar surface area (TPSA) is 250 Å². The second-order valence-electron chi connectivity index (χ2n) is 23.1. The van der Waals surface area contributed by atoms with E-state index in [1.807, 2.05) is 44.2 Å². The lowest BCUT2D eigenvalue weighted by atomic mass is 9.40. The molecule has 422 valence electrons. The van der Waals surface area contributed by atoms with Crippen LogP contribution in [0.15, 0.2) is 60.9 Å². The summed E-state index contributed by atoms with van der Waals surface area (Å²) in [6.07, 6.45) is -2.47. The molecule has 76 heavy (non-hydrogen) atoms.